The highest BCUT2D eigenvalue weighted by Gasteiger charge is 2.14. The van der Waals surface area contributed by atoms with Crippen LogP contribution in [-0.4, -0.2) is 0 Å². The van der Waals surface area contributed by atoms with Crippen molar-refractivity contribution in [2.75, 3.05) is 0 Å². The van der Waals surface area contributed by atoms with Gasteiger partial charge in [-0.1, -0.05) is 110 Å². The summed E-state index contributed by atoms with van der Waals surface area (Å²) < 4.78 is 0. The molecule has 0 aliphatic carbocycles. The topological polar surface area (TPSA) is 0 Å². The maximum absolute atomic E-state index is 2.40. The summed E-state index contributed by atoms with van der Waals surface area (Å²) >= 11 is 0. The van der Waals surface area contributed by atoms with Gasteiger partial charge in [0.1, 0.15) is 0 Å². The lowest BCUT2D eigenvalue weighted by Crippen LogP contribution is -2.00. The van der Waals surface area contributed by atoms with E-state index in [1.807, 2.05) is 0 Å². The molecule has 0 unspecified atom stereocenters. The van der Waals surface area contributed by atoms with Gasteiger partial charge in [0.2, 0.25) is 0 Å². The molecule has 0 radical (unpaired) electrons. The quantitative estimate of drug-likeness (QED) is 0.378. The molecule has 0 heteroatoms. The average Bonchev–Trinajstić information content (AvgIpc) is 2.73. The number of benzene rings is 3. The van der Waals surface area contributed by atoms with Gasteiger partial charge in [0, 0.05) is 0 Å². The van der Waals surface area contributed by atoms with Gasteiger partial charge in [0.05, 0.1) is 0 Å². The van der Waals surface area contributed by atoms with Gasteiger partial charge in [-0.3, -0.25) is 0 Å². The third-order valence-corrected chi connectivity index (χ3v) is 6.59. The van der Waals surface area contributed by atoms with Crippen LogP contribution in [0, 0.1) is 6.92 Å². The predicted molar refractivity (Wildman–Crippen MR) is 138 cm³/mol. The van der Waals surface area contributed by atoms with E-state index in [-0.39, 0.29) is 0 Å². The molecule has 3 rings (SSSR count). The molecule has 31 heavy (non-hydrogen) atoms. The Morgan fingerprint density at radius 1 is 0.419 bits per heavy atom. The Bertz CT molecular complexity index is 975. The van der Waals surface area contributed by atoms with Gasteiger partial charge in [-0.2, -0.15) is 0 Å². The summed E-state index contributed by atoms with van der Waals surface area (Å²) in [5.74, 6) is 2.14. The Hall–Kier alpha value is -2.34. The summed E-state index contributed by atoms with van der Waals surface area (Å²) in [6.45, 7) is 20.6. The first kappa shape index (κ1) is 23.3. The normalized spacial score (nSPS) is 11.9. The minimum Gasteiger partial charge on any atom is -0.0587 e. The Balaban J connectivity index is 2.05. The van der Waals surface area contributed by atoms with Gasteiger partial charge in [0.15, 0.2) is 0 Å². The van der Waals surface area contributed by atoms with Gasteiger partial charge in [-0.05, 0) is 80.7 Å². The van der Waals surface area contributed by atoms with Crippen molar-refractivity contribution in [3.8, 4) is 22.3 Å². The van der Waals surface area contributed by atoms with Crippen LogP contribution in [0.3, 0.4) is 0 Å². The zero-order valence-electron chi connectivity index (χ0n) is 21.0. The van der Waals surface area contributed by atoms with Crippen LogP contribution in [0.2, 0.25) is 0 Å². The average molecular weight is 413 g/mol. The van der Waals surface area contributed by atoms with Crippen molar-refractivity contribution in [3.05, 3.63) is 82.4 Å². The zero-order valence-corrected chi connectivity index (χ0v) is 21.0. The van der Waals surface area contributed by atoms with E-state index in [2.05, 4.69) is 117 Å². The van der Waals surface area contributed by atoms with Crippen LogP contribution >= 0.6 is 0 Å². The fraction of sp³-hybridized carbons (Fsp3) is 0.419. The maximum Gasteiger partial charge on any atom is -0.0178 e. The lowest BCUT2D eigenvalue weighted by molar-refractivity contribution is 0.818. The minimum atomic E-state index is 0.532. The summed E-state index contributed by atoms with van der Waals surface area (Å²) in [6.07, 6.45) is 0. The molecule has 0 N–H and O–H groups in total. The molecular formula is C31H40. The molecule has 0 spiro atoms. The lowest BCUT2D eigenvalue weighted by atomic mass is 9.85. The molecule has 0 bridgehead atoms. The van der Waals surface area contributed by atoms with E-state index in [4.69, 9.17) is 0 Å². The predicted octanol–water partition coefficient (Wildman–Crippen LogP) is 9.82. The first-order valence-electron chi connectivity index (χ1n) is 12.0. The highest BCUT2D eigenvalue weighted by atomic mass is 14.2. The van der Waals surface area contributed by atoms with Crippen molar-refractivity contribution in [2.45, 2.75) is 86.0 Å². The summed E-state index contributed by atoms with van der Waals surface area (Å²) in [5, 5.41) is 0. The van der Waals surface area contributed by atoms with E-state index < -0.39 is 0 Å². The number of hydrogen-bond acceptors (Lipinski definition) is 0. The second-order valence-corrected chi connectivity index (χ2v) is 10.4. The molecule has 164 valence electrons. The Morgan fingerprint density at radius 3 is 1.10 bits per heavy atom. The molecule has 0 amide bonds. The van der Waals surface area contributed by atoms with Crippen molar-refractivity contribution in [2.24, 2.45) is 0 Å². The molecule has 0 saturated heterocycles. The summed E-state index contributed by atoms with van der Waals surface area (Å²) in [6, 6.07) is 21.1. The van der Waals surface area contributed by atoms with E-state index in [1.54, 1.807) is 0 Å². The van der Waals surface area contributed by atoms with Crippen LogP contribution in [0.25, 0.3) is 22.3 Å². The lowest BCUT2D eigenvalue weighted by Gasteiger charge is -2.19. The second-order valence-electron chi connectivity index (χ2n) is 10.4. The van der Waals surface area contributed by atoms with Crippen LogP contribution < -0.4 is 0 Å². The van der Waals surface area contributed by atoms with Gasteiger partial charge >= 0.3 is 0 Å². The highest BCUT2D eigenvalue weighted by molar-refractivity contribution is 5.72. The molecule has 0 atom stereocenters. The van der Waals surface area contributed by atoms with Gasteiger partial charge < -0.3 is 0 Å². The fourth-order valence-corrected chi connectivity index (χ4v) is 4.49. The van der Waals surface area contributed by atoms with Crippen LogP contribution in [0.5, 0.6) is 0 Å². The standard InChI is InChI=1S/C31H40/c1-19(2)26-14-27(20(3)4)16-28(15-26)24-10-12-25(13-11-24)29-17-30(21(5)6)23(9)31(18-29)22(7)8/h10-22H,1-9H3. The zero-order chi connectivity index (χ0) is 22.9. The second kappa shape index (κ2) is 9.43. The minimum absolute atomic E-state index is 0.532. The number of hydrogen-bond donors (Lipinski definition) is 0. The molecular weight excluding hydrogens is 372 g/mol. The Morgan fingerprint density at radius 2 is 0.774 bits per heavy atom. The third kappa shape index (κ3) is 5.12. The van der Waals surface area contributed by atoms with Gasteiger partial charge in [-0.25, -0.2) is 0 Å². The molecule has 0 heterocycles. The fourth-order valence-electron chi connectivity index (χ4n) is 4.49. The van der Waals surface area contributed by atoms with Crippen LogP contribution in [0.1, 0.15) is 107 Å². The SMILES string of the molecule is Cc1c(C(C)C)cc(-c2ccc(-c3cc(C(C)C)cc(C(C)C)c3)cc2)cc1C(C)C. The van der Waals surface area contributed by atoms with E-state index in [9.17, 15) is 0 Å². The highest BCUT2D eigenvalue weighted by Crippen LogP contribution is 2.35. The van der Waals surface area contributed by atoms with Crippen molar-refractivity contribution in [1.29, 1.82) is 0 Å². The van der Waals surface area contributed by atoms with E-state index in [1.165, 1.54) is 50.1 Å². The van der Waals surface area contributed by atoms with E-state index in [0.717, 1.165) is 0 Å². The van der Waals surface area contributed by atoms with Crippen LogP contribution in [-0.2, 0) is 0 Å². The first-order valence-corrected chi connectivity index (χ1v) is 12.0. The van der Waals surface area contributed by atoms with Gasteiger partial charge in [-0.15, -0.1) is 0 Å². The van der Waals surface area contributed by atoms with Crippen LogP contribution in [0.4, 0.5) is 0 Å². The molecule has 0 saturated carbocycles. The van der Waals surface area contributed by atoms with E-state index in [0.29, 0.717) is 23.7 Å². The molecule has 3 aromatic carbocycles. The molecule has 0 aliphatic rings. The van der Waals surface area contributed by atoms with Gasteiger partial charge in [0.25, 0.3) is 0 Å². The van der Waals surface area contributed by atoms with Crippen LogP contribution in [0.15, 0.2) is 54.6 Å². The third-order valence-electron chi connectivity index (χ3n) is 6.59. The molecule has 0 aliphatic heterocycles. The van der Waals surface area contributed by atoms with Crippen molar-refractivity contribution in [3.63, 3.8) is 0 Å². The molecule has 3 aromatic rings. The van der Waals surface area contributed by atoms with Crippen molar-refractivity contribution in [1.82, 2.24) is 0 Å². The molecule has 0 aromatic heterocycles. The van der Waals surface area contributed by atoms with Crippen molar-refractivity contribution >= 4 is 0 Å². The van der Waals surface area contributed by atoms with Crippen molar-refractivity contribution < 1.29 is 0 Å². The molecule has 0 nitrogen and oxygen atoms in total. The Labute approximate surface area is 190 Å². The largest absolute Gasteiger partial charge is 0.0587 e. The molecule has 0 fully saturated rings. The maximum atomic E-state index is 2.40. The summed E-state index contributed by atoms with van der Waals surface area (Å²) in [5.41, 5.74) is 12.5. The smallest absolute Gasteiger partial charge is 0.0178 e. The Kier molecular flexibility index (Phi) is 7.10. The van der Waals surface area contributed by atoms with E-state index >= 15 is 0 Å². The monoisotopic (exact) mass is 412 g/mol. The first-order chi connectivity index (χ1) is 14.6. The summed E-state index contributed by atoms with van der Waals surface area (Å²) in [7, 11) is 0. The summed E-state index contributed by atoms with van der Waals surface area (Å²) in [4.78, 5) is 0. The number of rotatable bonds is 6.